The van der Waals surface area contributed by atoms with Gasteiger partial charge in [0.15, 0.2) is 5.82 Å². The van der Waals surface area contributed by atoms with Crippen molar-refractivity contribution in [3.05, 3.63) is 25.9 Å². The van der Waals surface area contributed by atoms with Gasteiger partial charge in [0.1, 0.15) is 15.0 Å². The molecule has 1 aromatic carbocycles. The first-order valence-corrected chi connectivity index (χ1v) is 5.55. The van der Waals surface area contributed by atoms with Gasteiger partial charge in [-0.15, -0.1) is 0 Å². The van der Waals surface area contributed by atoms with E-state index in [0.717, 1.165) is 0 Å². The van der Waals surface area contributed by atoms with Crippen molar-refractivity contribution in [1.82, 2.24) is 9.78 Å². The summed E-state index contributed by atoms with van der Waals surface area (Å²) in [4.78, 5) is 0. The molecule has 1 aromatic heterocycles. The summed E-state index contributed by atoms with van der Waals surface area (Å²) >= 11 is 4.79. The highest BCUT2D eigenvalue weighted by Crippen LogP contribution is 2.29. The summed E-state index contributed by atoms with van der Waals surface area (Å²) in [7, 11) is 1.62. The third-order valence-electron chi connectivity index (χ3n) is 1.92. The van der Waals surface area contributed by atoms with Gasteiger partial charge in [0.05, 0.1) is 4.47 Å². The Morgan fingerprint density at radius 1 is 1.50 bits per heavy atom. The van der Waals surface area contributed by atoms with Crippen LogP contribution in [0.4, 0.5) is 8.78 Å². The van der Waals surface area contributed by atoms with Gasteiger partial charge >= 0.3 is 0 Å². The maximum atomic E-state index is 13.6. The Bertz CT molecular complexity index is 524. The molecule has 74 valence electrons. The molecular formula is C8H4BrF2IN2. The van der Waals surface area contributed by atoms with Gasteiger partial charge in [-0.05, 0) is 44.6 Å². The number of halogens is 4. The van der Waals surface area contributed by atoms with Crippen molar-refractivity contribution in [2.24, 2.45) is 7.05 Å². The summed E-state index contributed by atoms with van der Waals surface area (Å²) in [6, 6.07) is 1.28. The molecule has 0 aliphatic rings. The predicted molar refractivity (Wildman–Crippen MR) is 61.0 cm³/mol. The fourth-order valence-electron chi connectivity index (χ4n) is 1.29. The Kier molecular flexibility index (Phi) is 2.50. The van der Waals surface area contributed by atoms with Crippen molar-refractivity contribution in [2.45, 2.75) is 0 Å². The monoisotopic (exact) mass is 372 g/mol. The van der Waals surface area contributed by atoms with E-state index in [1.165, 1.54) is 10.7 Å². The molecule has 2 rings (SSSR count). The van der Waals surface area contributed by atoms with E-state index in [1.807, 2.05) is 22.6 Å². The Morgan fingerprint density at radius 3 is 2.79 bits per heavy atom. The van der Waals surface area contributed by atoms with E-state index in [1.54, 1.807) is 7.05 Å². The Balaban J connectivity index is 3.01. The molecule has 0 saturated carbocycles. The van der Waals surface area contributed by atoms with Crippen LogP contribution < -0.4 is 0 Å². The van der Waals surface area contributed by atoms with Crippen LogP contribution in [0.3, 0.4) is 0 Å². The van der Waals surface area contributed by atoms with Crippen molar-refractivity contribution < 1.29 is 8.78 Å². The summed E-state index contributed by atoms with van der Waals surface area (Å²) in [5.74, 6) is -1.22. The normalized spacial score (nSPS) is 11.2. The summed E-state index contributed by atoms with van der Waals surface area (Å²) < 4.78 is 28.6. The first-order valence-electron chi connectivity index (χ1n) is 3.68. The quantitative estimate of drug-likeness (QED) is 0.513. The fourth-order valence-corrected chi connectivity index (χ4v) is 2.33. The third-order valence-corrected chi connectivity index (χ3v) is 3.44. The minimum Gasteiger partial charge on any atom is -0.264 e. The Labute approximate surface area is 101 Å². The van der Waals surface area contributed by atoms with Crippen molar-refractivity contribution in [3.8, 4) is 0 Å². The molecule has 1 heterocycles. The van der Waals surface area contributed by atoms with Crippen molar-refractivity contribution in [2.75, 3.05) is 0 Å². The molecule has 0 atom stereocenters. The number of rotatable bonds is 0. The number of nitrogens with zero attached hydrogens (tertiary/aromatic N) is 2. The average Bonchev–Trinajstić information content (AvgIpc) is 2.38. The zero-order valence-corrected chi connectivity index (χ0v) is 10.7. The molecule has 2 aromatic rings. The molecule has 6 heteroatoms. The first kappa shape index (κ1) is 10.3. The molecular weight excluding hydrogens is 369 g/mol. The van der Waals surface area contributed by atoms with Crippen LogP contribution in [0.1, 0.15) is 0 Å². The van der Waals surface area contributed by atoms with E-state index >= 15 is 0 Å². The van der Waals surface area contributed by atoms with Crippen LogP contribution in [0, 0.1) is 15.3 Å². The van der Waals surface area contributed by atoms with E-state index in [0.29, 0.717) is 14.6 Å². The highest BCUT2D eigenvalue weighted by atomic mass is 127. The van der Waals surface area contributed by atoms with Crippen LogP contribution in [-0.4, -0.2) is 9.78 Å². The zero-order chi connectivity index (χ0) is 10.5. The lowest BCUT2D eigenvalue weighted by Gasteiger charge is -2.00. The molecule has 0 fully saturated rings. The largest absolute Gasteiger partial charge is 0.264 e. The fraction of sp³-hybridized carbons (Fsp3) is 0.125. The van der Waals surface area contributed by atoms with Gasteiger partial charge in [0, 0.05) is 12.4 Å². The van der Waals surface area contributed by atoms with Crippen LogP contribution in [0.15, 0.2) is 10.5 Å². The molecule has 2 nitrogen and oxygen atoms in total. The minimum absolute atomic E-state index is 0.149. The van der Waals surface area contributed by atoms with Crippen LogP contribution >= 0.6 is 38.5 Å². The average molecular weight is 373 g/mol. The number of hydrogen-bond donors (Lipinski definition) is 0. The van der Waals surface area contributed by atoms with Crippen LogP contribution in [-0.2, 0) is 7.05 Å². The second kappa shape index (κ2) is 3.41. The maximum Gasteiger partial charge on any atom is 0.166 e. The van der Waals surface area contributed by atoms with Crippen molar-refractivity contribution in [3.63, 3.8) is 0 Å². The molecule has 0 aliphatic carbocycles. The van der Waals surface area contributed by atoms with E-state index in [-0.39, 0.29) is 4.47 Å². The highest BCUT2D eigenvalue weighted by molar-refractivity contribution is 14.1. The summed E-state index contributed by atoms with van der Waals surface area (Å²) in [6.07, 6.45) is 0. The summed E-state index contributed by atoms with van der Waals surface area (Å²) in [6.45, 7) is 0. The standard InChI is InChI=1S/C8H4BrF2IN2/c1-14-7-3(8(12)13-14)2-4(10)5(9)6(7)11/h2H,1H3. The lowest BCUT2D eigenvalue weighted by Crippen LogP contribution is -1.94. The van der Waals surface area contributed by atoms with Crippen LogP contribution in [0.2, 0.25) is 0 Å². The summed E-state index contributed by atoms with van der Waals surface area (Å²) in [5, 5.41) is 4.50. The van der Waals surface area contributed by atoms with Gasteiger partial charge in [-0.25, -0.2) is 8.78 Å². The lowest BCUT2D eigenvalue weighted by molar-refractivity contribution is 0.575. The molecule has 0 N–H and O–H groups in total. The molecule has 0 amide bonds. The Hall–Kier alpha value is -0.240. The maximum absolute atomic E-state index is 13.6. The third kappa shape index (κ3) is 1.35. The number of benzene rings is 1. The molecule has 0 aliphatic heterocycles. The van der Waals surface area contributed by atoms with E-state index in [9.17, 15) is 8.78 Å². The SMILES string of the molecule is Cn1nc(I)c2cc(F)c(Br)c(F)c21. The minimum atomic E-state index is -0.613. The lowest BCUT2D eigenvalue weighted by atomic mass is 10.2. The van der Waals surface area contributed by atoms with E-state index in [4.69, 9.17) is 0 Å². The van der Waals surface area contributed by atoms with Gasteiger partial charge in [-0.3, -0.25) is 4.68 Å². The highest BCUT2D eigenvalue weighted by Gasteiger charge is 2.17. The molecule has 14 heavy (non-hydrogen) atoms. The molecule has 0 saturated heterocycles. The van der Waals surface area contributed by atoms with Gasteiger partial charge in [0.25, 0.3) is 0 Å². The van der Waals surface area contributed by atoms with Gasteiger partial charge in [0.2, 0.25) is 0 Å². The van der Waals surface area contributed by atoms with E-state index in [2.05, 4.69) is 21.0 Å². The molecule has 0 unspecified atom stereocenters. The number of aromatic nitrogens is 2. The number of hydrogen-bond acceptors (Lipinski definition) is 1. The first-order chi connectivity index (χ1) is 6.52. The van der Waals surface area contributed by atoms with E-state index < -0.39 is 11.6 Å². The molecule has 0 bridgehead atoms. The molecule has 0 spiro atoms. The number of aryl methyl sites for hydroxylation is 1. The Morgan fingerprint density at radius 2 is 2.14 bits per heavy atom. The van der Waals surface area contributed by atoms with Gasteiger partial charge in [-0.2, -0.15) is 5.10 Å². The van der Waals surface area contributed by atoms with Crippen LogP contribution in [0.5, 0.6) is 0 Å². The molecule has 0 radical (unpaired) electrons. The number of fused-ring (bicyclic) bond motifs is 1. The van der Waals surface area contributed by atoms with Crippen LogP contribution in [0.25, 0.3) is 10.9 Å². The summed E-state index contributed by atoms with van der Waals surface area (Å²) in [5.41, 5.74) is 0.308. The smallest absolute Gasteiger partial charge is 0.166 e. The topological polar surface area (TPSA) is 17.8 Å². The van der Waals surface area contributed by atoms with Crippen molar-refractivity contribution >= 4 is 49.4 Å². The predicted octanol–water partition coefficient (Wildman–Crippen LogP) is 3.22. The van der Waals surface area contributed by atoms with Gasteiger partial charge < -0.3 is 0 Å². The van der Waals surface area contributed by atoms with Crippen molar-refractivity contribution in [1.29, 1.82) is 0 Å². The van der Waals surface area contributed by atoms with Gasteiger partial charge in [-0.1, -0.05) is 0 Å². The second-order valence-electron chi connectivity index (χ2n) is 2.80. The second-order valence-corrected chi connectivity index (χ2v) is 4.61. The zero-order valence-electron chi connectivity index (χ0n) is 6.98.